The standard InChI is InChI=1S/C13H26O4/c1-6-13(5,16-9-11-8-14-11)10-17-12(3,4)15-7-2/h11H,6-10H2,1-5H3. The summed E-state index contributed by atoms with van der Waals surface area (Å²) in [5, 5.41) is 0. The van der Waals surface area contributed by atoms with Gasteiger partial charge in [-0.1, -0.05) is 6.92 Å². The van der Waals surface area contributed by atoms with E-state index < -0.39 is 5.79 Å². The van der Waals surface area contributed by atoms with Crippen molar-refractivity contribution < 1.29 is 18.9 Å². The topological polar surface area (TPSA) is 40.2 Å². The molecule has 1 heterocycles. The van der Waals surface area contributed by atoms with E-state index in [-0.39, 0.29) is 5.60 Å². The average Bonchev–Trinajstić information content (AvgIpc) is 3.08. The van der Waals surface area contributed by atoms with E-state index in [9.17, 15) is 0 Å². The zero-order valence-electron chi connectivity index (χ0n) is 11.7. The molecule has 0 N–H and O–H groups in total. The van der Waals surface area contributed by atoms with Gasteiger partial charge in [-0.2, -0.15) is 0 Å². The molecule has 17 heavy (non-hydrogen) atoms. The maximum Gasteiger partial charge on any atom is 0.162 e. The number of hydrogen-bond acceptors (Lipinski definition) is 4. The molecule has 4 heteroatoms. The fraction of sp³-hybridized carbons (Fsp3) is 1.00. The lowest BCUT2D eigenvalue weighted by atomic mass is 10.0. The number of epoxide rings is 1. The summed E-state index contributed by atoms with van der Waals surface area (Å²) in [4.78, 5) is 0. The van der Waals surface area contributed by atoms with Gasteiger partial charge in [0.2, 0.25) is 0 Å². The van der Waals surface area contributed by atoms with Gasteiger partial charge >= 0.3 is 0 Å². The van der Waals surface area contributed by atoms with Crippen LogP contribution in [0.2, 0.25) is 0 Å². The summed E-state index contributed by atoms with van der Waals surface area (Å²) in [5.74, 6) is -0.551. The first kappa shape index (κ1) is 14.9. The van der Waals surface area contributed by atoms with E-state index in [1.807, 2.05) is 20.8 Å². The molecule has 0 aliphatic carbocycles. The maximum absolute atomic E-state index is 5.87. The van der Waals surface area contributed by atoms with Gasteiger partial charge in [-0.05, 0) is 34.1 Å². The van der Waals surface area contributed by atoms with Crippen molar-refractivity contribution in [3.05, 3.63) is 0 Å². The largest absolute Gasteiger partial charge is 0.371 e. The Kier molecular flexibility index (Phi) is 5.38. The molecule has 0 saturated carbocycles. The summed E-state index contributed by atoms with van der Waals surface area (Å²) in [5.41, 5.74) is -0.264. The Labute approximate surface area is 105 Å². The van der Waals surface area contributed by atoms with Crippen molar-refractivity contribution in [2.24, 2.45) is 0 Å². The molecule has 4 nitrogen and oxygen atoms in total. The molecule has 0 spiro atoms. The van der Waals surface area contributed by atoms with E-state index in [1.54, 1.807) is 0 Å². The highest BCUT2D eigenvalue weighted by molar-refractivity contribution is 4.77. The van der Waals surface area contributed by atoms with Crippen LogP contribution in [0.4, 0.5) is 0 Å². The molecule has 1 saturated heterocycles. The predicted molar refractivity (Wildman–Crippen MR) is 66.0 cm³/mol. The van der Waals surface area contributed by atoms with E-state index in [4.69, 9.17) is 18.9 Å². The molecule has 0 aromatic carbocycles. The van der Waals surface area contributed by atoms with Gasteiger partial charge in [0, 0.05) is 6.61 Å². The second kappa shape index (κ2) is 6.14. The first-order valence-corrected chi connectivity index (χ1v) is 6.44. The highest BCUT2D eigenvalue weighted by Crippen LogP contribution is 2.22. The highest BCUT2D eigenvalue weighted by Gasteiger charge is 2.31. The van der Waals surface area contributed by atoms with Crippen molar-refractivity contribution in [3.63, 3.8) is 0 Å². The molecule has 0 aromatic rings. The fourth-order valence-corrected chi connectivity index (χ4v) is 1.42. The molecule has 0 amide bonds. The van der Waals surface area contributed by atoms with Crippen molar-refractivity contribution in [1.29, 1.82) is 0 Å². The van der Waals surface area contributed by atoms with Crippen LogP contribution < -0.4 is 0 Å². The van der Waals surface area contributed by atoms with Gasteiger partial charge in [-0.15, -0.1) is 0 Å². The molecule has 0 aromatic heterocycles. The van der Waals surface area contributed by atoms with Crippen LogP contribution in [0.3, 0.4) is 0 Å². The normalized spacial score (nSPS) is 23.5. The molecule has 102 valence electrons. The third-order valence-electron chi connectivity index (χ3n) is 2.98. The first-order chi connectivity index (χ1) is 7.91. The lowest BCUT2D eigenvalue weighted by Gasteiger charge is -2.33. The minimum Gasteiger partial charge on any atom is -0.371 e. The number of ether oxygens (including phenoxy) is 4. The summed E-state index contributed by atoms with van der Waals surface area (Å²) in [6.07, 6.45) is 1.20. The Morgan fingerprint density at radius 3 is 2.24 bits per heavy atom. The summed E-state index contributed by atoms with van der Waals surface area (Å²) < 4.78 is 22.3. The van der Waals surface area contributed by atoms with Crippen LogP contribution in [0.15, 0.2) is 0 Å². The van der Waals surface area contributed by atoms with Gasteiger partial charge in [0.15, 0.2) is 5.79 Å². The summed E-state index contributed by atoms with van der Waals surface area (Å²) in [7, 11) is 0. The third-order valence-corrected chi connectivity index (χ3v) is 2.98. The molecular weight excluding hydrogens is 220 g/mol. The molecule has 0 bridgehead atoms. The summed E-state index contributed by atoms with van der Waals surface area (Å²) in [6.45, 7) is 12.6. The van der Waals surface area contributed by atoms with Crippen LogP contribution in [-0.4, -0.2) is 43.9 Å². The van der Waals surface area contributed by atoms with E-state index in [0.29, 0.717) is 25.9 Å². The smallest absolute Gasteiger partial charge is 0.162 e. The zero-order chi connectivity index (χ0) is 12.9. The highest BCUT2D eigenvalue weighted by atomic mass is 16.7. The molecular formula is C13H26O4. The van der Waals surface area contributed by atoms with E-state index in [0.717, 1.165) is 13.0 Å². The van der Waals surface area contributed by atoms with Crippen LogP contribution >= 0.6 is 0 Å². The van der Waals surface area contributed by atoms with Crippen LogP contribution in [0.1, 0.15) is 41.0 Å². The van der Waals surface area contributed by atoms with Gasteiger partial charge in [-0.3, -0.25) is 0 Å². The van der Waals surface area contributed by atoms with E-state index in [2.05, 4.69) is 13.8 Å². The summed E-state index contributed by atoms with van der Waals surface area (Å²) >= 11 is 0. The summed E-state index contributed by atoms with van der Waals surface area (Å²) in [6, 6.07) is 0. The van der Waals surface area contributed by atoms with Crippen LogP contribution in [-0.2, 0) is 18.9 Å². The van der Waals surface area contributed by atoms with Crippen LogP contribution in [0.25, 0.3) is 0 Å². The fourth-order valence-electron chi connectivity index (χ4n) is 1.42. The Balaban J connectivity index is 2.32. The third kappa shape index (κ3) is 5.82. The van der Waals surface area contributed by atoms with Crippen molar-refractivity contribution in [1.82, 2.24) is 0 Å². The SMILES string of the molecule is CCOC(C)(C)OCC(C)(CC)OCC1CO1. The van der Waals surface area contributed by atoms with Crippen molar-refractivity contribution >= 4 is 0 Å². The Bertz CT molecular complexity index is 225. The second-order valence-corrected chi connectivity index (χ2v) is 5.19. The van der Waals surface area contributed by atoms with Gasteiger partial charge in [0.1, 0.15) is 6.10 Å². The molecule has 0 radical (unpaired) electrons. The molecule has 2 atom stereocenters. The molecule has 2 unspecified atom stereocenters. The minimum absolute atomic E-state index is 0.264. The second-order valence-electron chi connectivity index (χ2n) is 5.19. The van der Waals surface area contributed by atoms with Gasteiger partial charge in [0.05, 0.1) is 25.4 Å². The molecule has 1 rings (SSSR count). The van der Waals surface area contributed by atoms with Crippen LogP contribution in [0.5, 0.6) is 0 Å². The van der Waals surface area contributed by atoms with Crippen molar-refractivity contribution in [2.45, 2.75) is 58.5 Å². The van der Waals surface area contributed by atoms with Gasteiger partial charge in [-0.25, -0.2) is 0 Å². The Hall–Kier alpha value is -0.160. The minimum atomic E-state index is -0.551. The Morgan fingerprint density at radius 1 is 1.12 bits per heavy atom. The van der Waals surface area contributed by atoms with Crippen molar-refractivity contribution in [2.75, 3.05) is 26.4 Å². The number of rotatable bonds is 9. The Morgan fingerprint density at radius 2 is 1.76 bits per heavy atom. The monoisotopic (exact) mass is 246 g/mol. The first-order valence-electron chi connectivity index (χ1n) is 6.44. The zero-order valence-corrected chi connectivity index (χ0v) is 11.7. The lowest BCUT2D eigenvalue weighted by molar-refractivity contribution is -0.238. The van der Waals surface area contributed by atoms with Gasteiger partial charge in [0.25, 0.3) is 0 Å². The average molecular weight is 246 g/mol. The molecule has 1 aliphatic rings. The van der Waals surface area contributed by atoms with Crippen LogP contribution in [0, 0.1) is 0 Å². The maximum atomic E-state index is 5.87. The lowest BCUT2D eigenvalue weighted by Crippen LogP contribution is -2.40. The van der Waals surface area contributed by atoms with Gasteiger partial charge < -0.3 is 18.9 Å². The number of hydrogen-bond donors (Lipinski definition) is 0. The molecule has 1 fully saturated rings. The van der Waals surface area contributed by atoms with Crippen molar-refractivity contribution in [3.8, 4) is 0 Å². The quantitative estimate of drug-likeness (QED) is 0.462. The van der Waals surface area contributed by atoms with E-state index >= 15 is 0 Å². The molecule has 1 aliphatic heterocycles. The predicted octanol–water partition coefficient (Wildman–Crippen LogP) is 2.36. The van der Waals surface area contributed by atoms with E-state index in [1.165, 1.54) is 0 Å².